The van der Waals surface area contributed by atoms with E-state index in [-0.39, 0.29) is 10.4 Å². The van der Waals surface area contributed by atoms with Crippen molar-refractivity contribution in [1.82, 2.24) is 4.98 Å². The Kier molecular flexibility index (Phi) is 4.14. The number of rotatable bonds is 3. The van der Waals surface area contributed by atoms with Gasteiger partial charge >= 0.3 is 6.18 Å². The highest BCUT2D eigenvalue weighted by molar-refractivity contribution is 9.10. The van der Waals surface area contributed by atoms with Crippen LogP contribution in [0.5, 0.6) is 5.75 Å². The lowest BCUT2D eigenvalue weighted by atomic mass is 10.1. The van der Waals surface area contributed by atoms with Gasteiger partial charge in [-0.15, -0.1) is 11.3 Å². The van der Waals surface area contributed by atoms with Gasteiger partial charge in [0.2, 0.25) is 5.78 Å². The molecule has 1 aromatic heterocycles. The molecule has 0 fully saturated rings. The van der Waals surface area contributed by atoms with E-state index in [0.29, 0.717) is 21.6 Å². The summed E-state index contributed by atoms with van der Waals surface area (Å²) in [6, 6.07) is 4.69. The van der Waals surface area contributed by atoms with Gasteiger partial charge in [0.15, 0.2) is 5.01 Å². The molecule has 0 radical (unpaired) electrons. The fraction of sp³-hybridized carbons (Fsp3) is 0.167. The normalized spacial score (nSPS) is 11.4. The second kappa shape index (κ2) is 5.53. The minimum absolute atomic E-state index is 0.0775. The van der Waals surface area contributed by atoms with E-state index in [1.165, 1.54) is 13.2 Å². The first kappa shape index (κ1) is 15.0. The van der Waals surface area contributed by atoms with Crippen LogP contribution >= 0.6 is 27.3 Å². The van der Waals surface area contributed by atoms with E-state index in [4.69, 9.17) is 4.74 Å². The predicted octanol–water partition coefficient (Wildman–Crippen LogP) is 4.16. The summed E-state index contributed by atoms with van der Waals surface area (Å²) < 4.78 is 42.9. The van der Waals surface area contributed by atoms with Crippen molar-refractivity contribution in [2.75, 3.05) is 7.11 Å². The van der Waals surface area contributed by atoms with Crippen LogP contribution in [0.4, 0.5) is 13.2 Å². The van der Waals surface area contributed by atoms with Gasteiger partial charge in [0.1, 0.15) is 5.75 Å². The molecule has 0 aliphatic heterocycles. The van der Waals surface area contributed by atoms with Gasteiger partial charge in [0.05, 0.1) is 12.0 Å². The molecule has 0 aliphatic carbocycles. The van der Waals surface area contributed by atoms with Crippen LogP contribution in [0.2, 0.25) is 0 Å². The third kappa shape index (κ3) is 3.01. The Labute approximate surface area is 124 Å². The lowest BCUT2D eigenvalue weighted by Gasteiger charge is -2.05. The van der Waals surface area contributed by atoms with Crippen molar-refractivity contribution in [3.8, 4) is 5.75 Å². The summed E-state index contributed by atoms with van der Waals surface area (Å²) in [5.74, 6) is -0.0964. The Balaban J connectivity index is 2.39. The minimum Gasteiger partial charge on any atom is -0.497 e. The third-order valence-electron chi connectivity index (χ3n) is 2.39. The number of carbonyl (C=O) groups is 1. The van der Waals surface area contributed by atoms with Crippen LogP contribution in [0.15, 0.2) is 28.9 Å². The van der Waals surface area contributed by atoms with E-state index in [0.717, 1.165) is 6.20 Å². The molecule has 0 saturated heterocycles. The van der Waals surface area contributed by atoms with E-state index in [1.807, 2.05) is 0 Å². The zero-order valence-electron chi connectivity index (χ0n) is 9.99. The van der Waals surface area contributed by atoms with Crippen molar-refractivity contribution < 1.29 is 22.7 Å². The smallest absolute Gasteiger partial charge is 0.443 e. The highest BCUT2D eigenvalue weighted by atomic mass is 79.9. The summed E-state index contributed by atoms with van der Waals surface area (Å²) >= 11 is 3.51. The number of halogens is 4. The second-order valence-corrected chi connectivity index (χ2v) is 5.59. The first-order chi connectivity index (χ1) is 9.32. The quantitative estimate of drug-likeness (QED) is 0.766. The van der Waals surface area contributed by atoms with E-state index >= 15 is 0 Å². The summed E-state index contributed by atoms with van der Waals surface area (Å²) in [5.41, 5.74) is 0.224. The molecule has 0 aliphatic rings. The maximum Gasteiger partial charge on any atom is 0.443 e. The summed E-state index contributed by atoms with van der Waals surface area (Å²) in [5, 5.41) is -1.04. The molecule has 8 heteroatoms. The van der Waals surface area contributed by atoms with Crippen LogP contribution in [0.3, 0.4) is 0 Å². The van der Waals surface area contributed by atoms with Gasteiger partial charge in [-0.25, -0.2) is 4.98 Å². The van der Waals surface area contributed by atoms with Crippen molar-refractivity contribution >= 4 is 33.0 Å². The van der Waals surface area contributed by atoms with Crippen LogP contribution < -0.4 is 4.74 Å². The van der Waals surface area contributed by atoms with E-state index in [9.17, 15) is 18.0 Å². The Bertz CT molecular complexity index is 654. The van der Waals surface area contributed by atoms with Crippen LogP contribution in [-0.2, 0) is 6.18 Å². The Morgan fingerprint density at radius 1 is 1.40 bits per heavy atom. The number of aromatic nitrogens is 1. The predicted molar refractivity (Wildman–Crippen MR) is 71.2 cm³/mol. The van der Waals surface area contributed by atoms with E-state index < -0.39 is 17.0 Å². The zero-order valence-corrected chi connectivity index (χ0v) is 12.4. The molecule has 2 rings (SSSR count). The van der Waals surface area contributed by atoms with Crippen molar-refractivity contribution in [2.24, 2.45) is 0 Å². The highest BCUT2D eigenvalue weighted by Gasteiger charge is 2.35. The molecule has 0 saturated carbocycles. The van der Waals surface area contributed by atoms with Crippen LogP contribution in [0, 0.1) is 0 Å². The molecule has 0 N–H and O–H groups in total. The van der Waals surface area contributed by atoms with Gasteiger partial charge in [-0.3, -0.25) is 4.79 Å². The maximum atomic E-state index is 12.5. The van der Waals surface area contributed by atoms with Gasteiger partial charge in [-0.1, -0.05) is 15.9 Å². The molecular formula is C12H7BrF3NO2S. The Morgan fingerprint density at radius 2 is 2.10 bits per heavy atom. The molecule has 1 heterocycles. The highest BCUT2D eigenvalue weighted by Crippen LogP contribution is 2.34. The van der Waals surface area contributed by atoms with Gasteiger partial charge < -0.3 is 4.74 Å². The van der Waals surface area contributed by atoms with Gasteiger partial charge in [-0.2, -0.15) is 13.2 Å². The molecule has 0 unspecified atom stereocenters. The molecule has 106 valence electrons. The van der Waals surface area contributed by atoms with E-state index in [1.54, 1.807) is 12.1 Å². The SMILES string of the molecule is COc1ccc(Br)c(C(=O)c2cnc(C(F)(F)F)s2)c1. The van der Waals surface area contributed by atoms with Crippen LogP contribution in [-0.4, -0.2) is 17.9 Å². The lowest BCUT2D eigenvalue weighted by molar-refractivity contribution is -0.137. The average Bonchev–Trinajstić information content (AvgIpc) is 2.88. The topological polar surface area (TPSA) is 39.2 Å². The van der Waals surface area contributed by atoms with Crippen molar-refractivity contribution in [3.63, 3.8) is 0 Å². The molecule has 2 aromatic rings. The lowest BCUT2D eigenvalue weighted by Crippen LogP contribution is -2.03. The number of benzene rings is 1. The number of ether oxygens (including phenoxy) is 1. The monoisotopic (exact) mass is 365 g/mol. The van der Waals surface area contributed by atoms with Gasteiger partial charge in [0.25, 0.3) is 0 Å². The van der Waals surface area contributed by atoms with Crippen molar-refractivity contribution in [1.29, 1.82) is 0 Å². The molecule has 0 atom stereocenters. The minimum atomic E-state index is -4.55. The number of thiazole rings is 1. The van der Waals surface area contributed by atoms with Gasteiger partial charge in [-0.05, 0) is 18.2 Å². The number of nitrogens with zero attached hydrogens (tertiary/aromatic N) is 1. The number of hydrogen-bond donors (Lipinski definition) is 0. The number of carbonyl (C=O) groups excluding carboxylic acids is 1. The molecule has 1 aromatic carbocycles. The van der Waals surface area contributed by atoms with Crippen LogP contribution in [0.1, 0.15) is 20.2 Å². The largest absolute Gasteiger partial charge is 0.497 e. The number of hydrogen-bond acceptors (Lipinski definition) is 4. The van der Waals surface area contributed by atoms with Gasteiger partial charge in [0, 0.05) is 16.2 Å². The first-order valence-electron chi connectivity index (χ1n) is 5.24. The average molecular weight is 366 g/mol. The molecule has 20 heavy (non-hydrogen) atoms. The molecule has 0 bridgehead atoms. The molecular weight excluding hydrogens is 359 g/mol. The Morgan fingerprint density at radius 3 is 2.65 bits per heavy atom. The number of alkyl halides is 3. The van der Waals surface area contributed by atoms with Crippen LogP contribution in [0.25, 0.3) is 0 Å². The summed E-state index contributed by atoms with van der Waals surface area (Å²) in [7, 11) is 1.44. The molecule has 0 spiro atoms. The molecule has 3 nitrogen and oxygen atoms in total. The standard InChI is InChI=1S/C12H7BrF3NO2S/c1-19-6-2-3-8(13)7(4-6)10(18)9-5-17-11(20-9)12(14,15)16/h2-5H,1H3. The fourth-order valence-corrected chi connectivity index (χ4v) is 2.61. The molecule has 0 amide bonds. The van der Waals surface area contributed by atoms with E-state index in [2.05, 4.69) is 20.9 Å². The fourth-order valence-electron chi connectivity index (χ4n) is 1.45. The number of methoxy groups -OCH3 is 1. The first-order valence-corrected chi connectivity index (χ1v) is 6.85. The van der Waals surface area contributed by atoms with Crippen molar-refractivity contribution in [2.45, 2.75) is 6.18 Å². The maximum absolute atomic E-state index is 12.5. The number of ketones is 1. The summed E-state index contributed by atoms with van der Waals surface area (Å²) in [6.07, 6.45) is -3.61. The van der Waals surface area contributed by atoms with Crippen molar-refractivity contribution in [3.05, 3.63) is 44.3 Å². The second-order valence-electron chi connectivity index (χ2n) is 3.70. The Hall–Kier alpha value is -1.41. The zero-order chi connectivity index (χ0) is 14.9. The summed E-state index contributed by atoms with van der Waals surface area (Å²) in [4.78, 5) is 15.3. The summed E-state index contributed by atoms with van der Waals surface area (Å²) in [6.45, 7) is 0. The third-order valence-corrected chi connectivity index (χ3v) is 4.12.